The molecule has 0 saturated carbocycles. The van der Waals surface area contributed by atoms with Crippen LogP contribution in [0.4, 0.5) is 10.7 Å². The minimum absolute atomic E-state index is 0.0697. The largest absolute Gasteiger partial charge is 0.437 e. The van der Waals surface area contributed by atoms with E-state index >= 15 is 0 Å². The molecule has 45 heavy (non-hydrogen) atoms. The van der Waals surface area contributed by atoms with Gasteiger partial charge < -0.3 is 18.5 Å². The van der Waals surface area contributed by atoms with Crippen molar-refractivity contribution >= 4 is 43.0 Å². The molecule has 252 valence electrons. The highest BCUT2D eigenvalue weighted by atomic mass is 28.5. The number of Topliss-reactive ketones (excluding diaryl/α,β-unsaturated/α-hetero) is 1. The van der Waals surface area contributed by atoms with Crippen LogP contribution in [0.25, 0.3) is 0 Å². The number of hydrogen-bond acceptors (Lipinski definition) is 8. The quantitative estimate of drug-likeness (QED) is 0.114. The van der Waals surface area contributed by atoms with Crippen molar-refractivity contribution < 1.29 is 17.8 Å². The zero-order valence-electron chi connectivity index (χ0n) is 28.8. The van der Waals surface area contributed by atoms with Gasteiger partial charge in [-0.2, -0.15) is 0 Å². The van der Waals surface area contributed by atoms with Crippen molar-refractivity contribution in [2.45, 2.75) is 123 Å². The lowest BCUT2D eigenvalue weighted by molar-refractivity contribution is -0.118. The van der Waals surface area contributed by atoms with Crippen LogP contribution in [0, 0.1) is 0 Å². The van der Waals surface area contributed by atoms with Gasteiger partial charge in [-0.1, -0.05) is 34.1 Å². The number of carbonyl (C=O) groups excluding carboxylic acids is 2. The predicted molar refractivity (Wildman–Crippen MR) is 186 cm³/mol. The van der Waals surface area contributed by atoms with Gasteiger partial charge in [0.15, 0.2) is 16.6 Å². The standard InChI is InChI=1S/C30H54N6O6Si3/c1-21(2)24-19-27(38)34-26(32-24)18-23(37)14-11-12-16-43(5,6)41-45(9,10)42-44(7,8)17-13-15-31-30(40)36-29-33-25(22(3)4)20-28(39)35-29/h19-22H,11-18H2,1-10H3,(H,32,34,38)(H3,31,33,35,36,39,40). The average molecular weight is 679 g/mol. The molecule has 0 bridgehead atoms. The first-order valence-electron chi connectivity index (χ1n) is 15.9. The van der Waals surface area contributed by atoms with E-state index in [2.05, 4.69) is 69.9 Å². The number of nitrogens with zero attached hydrogens (tertiary/aromatic N) is 2. The number of ketones is 1. The normalized spacial score (nSPS) is 12.5. The Morgan fingerprint density at radius 3 is 1.91 bits per heavy atom. The molecule has 0 radical (unpaired) electrons. The summed E-state index contributed by atoms with van der Waals surface area (Å²) < 4.78 is 13.4. The third-order valence-corrected chi connectivity index (χ3v) is 18.6. The van der Waals surface area contributed by atoms with Crippen LogP contribution in [0.1, 0.15) is 82.4 Å². The van der Waals surface area contributed by atoms with Crippen molar-refractivity contribution in [2.24, 2.45) is 0 Å². The molecule has 0 fully saturated rings. The van der Waals surface area contributed by atoms with Crippen molar-refractivity contribution in [3.63, 3.8) is 0 Å². The molecule has 0 spiro atoms. The number of hydrogen-bond donors (Lipinski definition) is 4. The van der Waals surface area contributed by atoms with E-state index < -0.39 is 31.2 Å². The summed E-state index contributed by atoms with van der Waals surface area (Å²) in [6.45, 7) is 21.2. The van der Waals surface area contributed by atoms with Crippen LogP contribution in [-0.2, 0) is 19.4 Å². The molecule has 12 nitrogen and oxygen atoms in total. The number of nitrogens with one attached hydrogen (secondary N) is 4. The zero-order chi connectivity index (χ0) is 34.0. The van der Waals surface area contributed by atoms with Gasteiger partial charge in [0.2, 0.25) is 5.95 Å². The second kappa shape index (κ2) is 16.7. The second-order valence-electron chi connectivity index (χ2n) is 14.0. The average Bonchev–Trinajstić information content (AvgIpc) is 2.87. The Morgan fingerprint density at radius 1 is 0.800 bits per heavy atom. The molecule has 15 heteroatoms. The first-order chi connectivity index (χ1) is 20.8. The highest BCUT2D eigenvalue weighted by Crippen LogP contribution is 2.26. The van der Waals surface area contributed by atoms with E-state index in [0.29, 0.717) is 30.2 Å². The number of aromatic amines is 2. The molecule has 0 aliphatic rings. The Kier molecular flexibility index (Phi) is 14.3. The summed E-state index contributed by atoms with van der Waals surface area (Å²) in [7, 11) is -6.50. The minimum Gasteiger partial charge on any atom is -0.437 e. The molecule has 0 saturated heterocycles. The lowest BCUT2D eigenvalue weighted by Crippen LogP contribution is -2.52. The summed E-state index contributed by atoms with van der Waals surface area (Å²) in [5, 5.41) is 5.44. The Labute approximate surface area is 270 Å². The molecule has 2 heterocycles. The van der Waals surface area contributed by atoms with E-state index in [0.717, 1.165) is 31.4 Å². The van der Waals surface area contributed by atoms with E-state index in [1.807, 2.05) is 27.7 Å². The van der Waals surface area contributed by atoms with Crippen LogP contribution >= 0.6 is 0 Å². The van der Waals surface area contributed by atoms with E-state index in [9.17, 15) is 19.2 Å². The highest BCUT2D eigenvalue weighted by molar-refractivity contribution is 6.87. The number of rotatable bonds is 18. The van der Waals surface area contributed by atoms with Crippen LogP contribution < -0.4 is 21.8 Å². The van der Waals surface area contributed by atoms with E-state index in [4.69, 9.17) is 8.23 Å². The van der Waals surface area contributed by atoms with Crippen molar-refractivity contribution in [1.29, 1.82) is 0 Å². The Hall–Kier alpha value is -2.73. The van der Waals surface area contributed by atoms with Crippen LogP contribution in [0.5, 0.6) is 0 Å². The summed E-state index contributed by atoms with van der Waals surface area (Å²) in [6, 6.07) is 4.29. The molecule has 0 atom stereocenters. The Balaban J connectivity index is 1.73. The van der Waals surface area contributed by atoms with E-state index in [1.54, 1.807) is 0 Å². The second-order valence-corrected chi connectivity index (χ2v) is 26.4. The first-order valence-corrected chi connectivity index (χ1v) is 25.0. The number of anilines is 1. The number of urea groups is 1. The predicted octanol–water partition coefficient (Wildman–Crippen LogP) is 5.74. The fourth-order valence-electron chi connectivity index (χ4n) is 5.21. The van der Waals surface area contributed by atoms with Crippen molar-refractivity contribution in [3.8, 4) is 0 Å². The summed E-state index contributed by atoms with van der Waals surface area (Å²) in [4.78, 5) is 62.6. The molecular formula is C30H54N6O6Si3. The summed E-state index contributed by atoms with van der Waals surface area (Å²) >= 11 is 0. The van der Waals surface area contributed by atoms with Gasteiger partial charge in [-0.05, 0) is 76.0 Å². The molecule has 0 aliphatic heterocycles. The van der Waals surface area contributed by atoms with Crippen molar-refractivity contribution in [2.75, 3.05) is 11.9 Å². The maximum Gasteiger partial charge on any atom is 0.321 e. The van der Waals surface area contributed by atoms with Crippen molar-refractivity contribution in [1.82, 2.24) is 25.3 Å². The van der Waals surface area contributed by atoms with Crippen LogP contribution in [0.15, 0.2) is 21.7 Å². The number of unbranched alkanes of at least 4 members (excludes halogenated alkanes) is 1. The molecule has 2 aromatic heterocycles. The third kappa shape index (κ3) is 14.9. The monoisotopic (exact) mass is 678 g/mol. The summed E-state index contributed by atoms with van der Waals surface area (Å²) in [5.74, 6) is 0.837. The molecular weight excluding hydrogens is 625 g/mol. The number of H-pyrrole nitrogens is 2. The number of amides is 2. The fourth-order valence-corrected chi connectivity index (χ4v) is 19.3. The SMILES string of the molecule is CC(C)c1cc(=O)[nH]c(CC(=O)CCCC[Si](C)(C)O[Si](C)(C)O[Si](C)(C)CCCNC(=O)Nc2nc(C(C)C)cc(=O)[nH]2)n1. The molecule has 2 amide bonds. The third-order valence-electron chi connectivity index (χ3n) is 7.12. The van der Waals surface area contributed by atoms with Gasteiger partial charge in [-0.3, -0.25) is 24.7 Å². The van der Waals surface area contributed by atoms with Gasteiger partial charge in [0, 0.05) is 25.1 Å². The van der Waals surface area contributed by atoms with E-state index in [-0.39, 0.29) is 41.1 Å². The summed E-state index contributed by atoms with van der Waals surface area (Å²) in [5.41, 5.74) is 0.792. The molecule has 2 rings (SSSR count). The fraction of sp³-hybridized carbons (Fsp3) is 0.667. The molecule has 4 N–H and O–H groups in total. The number of aromatic nitrogens is 4. The Bertz CT molecular complexity index is 1300. The maximum atomic E-state index is 12.6. The van der Waals surface area contributed by atoms with Gasteiger partial charge in [-0.15, -0.1) is 0 Å². The minimum atomic E-state index is -2.41. The summed E-state index contributed by atoms with van der Waals surface area (Å²) in [6.07, 6.45) is 3.01. The van der Waals surface area contributed by atoms with Crippen molar-refractivity contribution in [3.05, 3.63) is 50.1 Å². The van der Waals surface area contributed by atoms with Gasteiger partial charge in [0.05, 0.1) is 17.8 Å². The van der Waals surface area contributed by atoms with E-state index in [1.165, 1.54) is 12.1 Å². The molecule has 0 aromatic carbocycles. The van der Waals surface area contributed by atoms with Crippen LogP contribution in [-0.4, -0.2) is 63.5 Å². The highest BCUT2D eigenvalue weighted by Gasteiger charge is 2.39. The van der Waals surface area contributed by atoms with Gasteiger partial charge >= 0.3 is 14.6 Å². The molecule has 0 aliphatic carbocycles. The molecule has 0 unspecified atom stereocenters. The lowest BCUT2D eigenvalue weighted by Gasteiger charge is -2.38. The van der Waals surface area contributed by atoms with Crippen LogP contribution in [0.3, 0.4) is 0 Å². The van der Waals surface area contributed by atoms with Gasteiger partial charge in [0.25, 0.3) is 11.1 Å². The number of carbonyl (C=O) groups is 2. The Morgan fingerprint density at radius 2 is 1.33 bits per heavy atom. The lowest BCUT2D eigenvalue weighted by atomic mass is 10.1. The smallest absolute Gasteiger partial charge is 0.321 e. The van der Waals surface area contributed by atoms with Gasteiger partial charge in [0.1, 0.15) is 11.6 Å². The maximum absolute atomic E-state index is 12.6. The van der Waals surface area contributed by atoms with Gasteiger partial charge in [-0.25, -0.2) is 14.8 Å². The topological polar surface area (TPSA) is 168 Å². The first kappa shape index (κ1) is 38.5. The van der Waals surface area contributed by atoms with Crippen LogP contribution in [0.2, 0.25) is 51.4 Å². The molecule has 2 aromatic rings. The zero-order valence-corrected chi connectivity index (χ0v) is 31.8.